The highest BCUT2D eigenvalue weighted by molar-refractivity contribution is 5.88. The maximum atomic E-state index is 12.5. The van der Waals surface area contributed by atoms with Crippen molar-refractivity contribution in [3.8, 4) is 0 Å². The first-order valence-electron chi connectivity index (χ1n) is 5.50. The third kappa shape index (κ3) is 5.60. The van der Waals surface area contributed by atoms with Crippen LogP contribution in [0.3, 0.4) is 0 Å². The second kappa shape index (κ2) is 5.48. The van der Waals surface area contributed by atoms with Gasteiger partial charge in [0.25, 0.3) is 0 Å². The molecule has 1 aromatic rings. The van der Waals surface area contributed by atoms with Gasteiger partial charge in [0.2, 0.25) is 0 Å². The molecule has 0 atom stereocenters. The lowest BCUT2D eigenvalue weighted by atomic mass is 10.2. The maximum Gasteiger partial charge on any atom is 0.416 e. The van der Waals surface area contributed by atoms with Crippen LogP contribution in [0.15, 0.2) is 24.3 Å². The van der Waals surface area contributed by atoms with E-state index in [0.29, 0.717) is 0 Å². The van der Waals surface area contributed by atoms with Gasteiger partial charge in [-0.3, -0.25) is 4.84 Å². The molecule has 0 radical (unpaired) electrons. The summed E-state index contributed by atoms with van der Waals surface area (Å²) in [4.78, 5) is 16.4. The Morgan fingerprint density at radius 2 is 1.84 bits per heavy atom. The average molecular weight is 276 g/mol. The molecule has 0 fully saturated rings. The van der Waals surface area contributed by atoms with E-state index < -0.39 is 23.4 Å². The van der Waals surface area contributed by atoms with Gasteiger partial charge in [-0.15, -0.1) is 0 Å². The lowest BCUT2D eigenvalue weighted by Crippen LogP contribution is -2.36. The molecular formula is C12H15F3N2O2. The molecule has 0 saturated carbocycles. The number of nitrogens with one attached hydrogen (secondary N) is 2. The first-order chi connectivity index (χ1) is 8.58. The van der Waals surface area contributed by atoms with Crippen molar-refractivity contribution < 1.29 is 22.8 Å². The Morgan fingerprint density at radius 1 is 1.21 bits per heavy atom. The second-order valence-electron chi connectivity index (χ2n) is 4.85. The van der Waals surface area contributed by atoms with Crippen molar-refractivity contribution >= 4 is 11.7 Å². The number of hydrogen-bond donors (Lipinski definition) is 2. The fourth-order valence-electron chi connectivity index (χ4n) is 1.13. The Morgan fingerprint density at radius 3 is 2.37 bits per heavy atom. The summed E-state index contributed by atoms with van der Waals surface area (Å²) in [5.74, 6) is 0. The van der Waals surface area contributed by atoms with Crippen LogP contribution >= 0.6 is 0 Å². The fraction of sp³-hybridized carbons (Fsp3) is 0.417. The van der Waals surface area contributed by atoms with Gasteiger partial charge in [-0.1, -0.05) is 6.07 Å². The van der Waals surface area contributed by atoms with Gasteiger partial charge in [-0.2, -0.15) is 13.2 Å². The number of carbonyl (C=O) groups is 1. The van der Waals surface area contributed by atoms with Crippen LogP contribution in [0.2, 0.25) is 0 Å². The van der Waals surface area contributed by atoms with E-state index in [0.717, 1.165) is 12.1 Å². The largest absolute Gasteiger partial charge is 0.416 e. The fourth-order valence-corrected chi connectivity index (χ4v) is 1.13. The number of halogens is 3. The highest BCUT2D eigenvalue weighted by Gasteiger charge is 2.30. The van der Waals surface area contributed by atoms with Crippen molar-refractivity contribution in [3.05, 3.63) is 29.8 Å². The molecule has 7 heteroatoms. The molecule has 4 nitrogen and oxygen atoms in total. The maximum absolute atomic E-state index is 12.5. The Labute approximate surface area is 108 Å². The van der Waals surface area contributed by atoms with Crippen LogP contribution in [-0.2, 0) is 11.0 Å². The first-order valence-corrected chi connectivity index (χ1v) is 5.50. The molecule has 2 amide bonds. The number of hydroxylamine groups is 1. The van der Waals surface area contributed by atoms with Crippen LogP contribution in [0.1, 0.15) is 26.3 Å². The number of benzene rings is 1. The van der Waals surface area contributed by atoms with Gasteiger partial charge in [-0.25, -0.2) is 10.3 Å². The topological polar surface area (TPSA) is 50.4 Å². The second-order valence-corrected chi connectivity index (χ2v) is 4.85. The Balaban J connectivity index is 2.65. The number of alkyl halides is 3. The molecule has 0 unspecified atom stereocenters. The molecule has 0 aliphatic rings. The predicted octanol–water partition coefficient (Wildman–Crippen LogP) is 3.56. The van der Waals surface area contributed by atoms with Crippen molar-refractivity contribution in [3.63, 3.8) is 0 Å². The molecule has 0 saturated heterocycles. The molecule has 1 aromatic carbocycles. The van der Waals surface area contributed by atoms with Crippen molar-refractivity contribution in [1.82, 2.24) is 5.48 Å². The van der Waals surface area contributed by atoms with E-state index in [2.05, 4.69) is 10.8 Å². The van der Waals surface area contributed by atoms with Crippen molar-refractivity contribution in [1.29, 1.82) is 0 Å². The van der Waals surface area contributed by atoms with E-state index in [1.165, 1.54) is 12.1 Å². The van der Waals surface area contributed by atoms with Crippen molar-refractivity contribution in [2.24, 2.45) is 0 Å². The molecule has 19 heavy (non-hydrogen) atoms. The minimum atomic E-state index is -4.45. The first kappa shape index (κ1) is 15.3. The van der Waals surface area contributed by atoms with Crippen LogP contribution < -0.4 is 10.8 Å². The number of hydrogen-bond acceptors (Lipinski definition) is 2. The van der Waals surface area contributed by atoms with Crippen LogP contribution in [0, 0.1) is 0 Å². The van der Waals surface area contributed by atoms with Gasteiger partial charge in [0, 0.05) is 5.69 Å². The molecule has 0 aromatic heterocycles. The third-order valence-corrected chi connectivity index (χ3v) is 1.90. The minimum absolute atomic E-state index is 0.0323. The van der Waals surface area contributed by atoms with Crippen LogP contribution in [0.25, 0.3) is 0 Å². The summed E-state index contributed by atoms with van der Waals surface area (Å²) in [6.07, 6.45) is -4.45. The van der Waals surface area contributed by atoms with Gasteiger partial charge in [0.15, 0.2) is 0 Å². The zero-order valence-electron chi connectivity index (χ0n) is 10.8. The Kier molecular flexibility index (Phi) is 4.41. The third-order valence-electron chi connectivity index (χ3n) is 1.90. The normalized spacial score (nSPS) is 12.1. The quantitative estimate of drug-likeness (QED) is 0.811. The summed E-state index contributed by atoms with van der Waals surface area (Å²) in [5, 5.41) is 2.25. The van der Waals surface area contributed by atoms with Crippen molar-refractivity contribution in [2.75, 3.05) is 5.32 Å². The number of urea groups is 1. The monoisotopic (exact) mass is 276 g/mol. The van der Waals surface area contributed by atoms with E-state index in [-0.39, 0.29) is 5.69 Å². The lowest BCUT2D eigenvalue weighted by molar-refractivity contribution is -0.137. The molecule has 0 aliphatic carbocycles. The van der Waals surface area contributed by atoms with Crippen LogP contribution in [0.5, 0.6) is 0 Å². The summed E-state index contributed by atoms with van der Waals surface area (Å²) in [7, 11) is 0. The van der Waals surface area contributed by atoms with E-state index in [9.17, 15) is 18.0 Å². The Bertz CT molecular complexity index is 453. The van der Waals surface area contributed by atoms with Gasteiger partial charge in [0.05, 0.1) is 11.2 Å². The highest BCUT2D eigenvalue weighted by Crippen LogP contribution is 2.30. The smallest absolute Gasteiger partial charge is 0.306 e. The van der Waals surface area contributed by atoms with Crippen LogP contribution in [0.4, 0.5) is 23.7 Å². The zero-order valence-corrected chi connectivity index (χ0v) is 10.8. The van der Waals surface area contributed by atoms with E-state index in [1.807, 2.05) is 0 Å². The highest BCUT2D eigenvalue weighted by atomic mass is 19.4. The number of carbonyl (C=O) groups excluding carboxylic acids is 1. The summed E-state index contributed by atoms with van der Waals surface area (Å²) < 4.78 is 37.4. The molecule has 0 heterocycles. The standard InChI is InChI=1S/C12H15F3N2O2/c1-11(2,3)19-17-10(18)16-9-6-4-5-8(7-9)12(13,14)15/h4-7H,1-3H3,(H2,16,17,18). The zero-order chi connectivity index (χ0) is 14.7. The van der Waals surface area contributed by atoms with E-state index >= 15 is 0 Å². The Hall–Kier alpha value is -1.76. The number of amides is 2. The van der Waals surface area contributed by atoms with Crippen molar-refractivity contribution in [2.45, 2.75) is 32.5 Å². The van der Waals surface area contributed by atoms with Crippen LogP contribution in [-0.4, -0.2) is 11.6 Å². The molecule has 2 N–H and O–H groups in total. The van der Waals surface area contributed by atoms with Gasteiger partial charge in [-0.05, 0) is 39.0 Å². The summed E-state index contributed by atoms with van der Waals surface area (Å²) in [6, 6.07) is 3.59. The average Bonchev–Trinajstić information content (AvgIpc) is 2.25. The minimum Gasteiger partial charge on any atom is -0.306 e. The summed E-state index contributed by atoms with van der Waals surface area (Å²) in [6.45, 7) is 5.16. The molecular weight excluding hydrogens is 261 g/mol. The number of anilines is 1. The molecule has 0 bridgehead atoms. The van der Waals surface area contributed by atoms with Gasteiger partial charge < -0.3 is 5.32 Å². The number of rotatable bonds is 2. The predicted molar refractivity (Wildman–Crippen MR) is 64.4 cm³/mol. The van der Waals surface area contributed by atoms with Gasteiger partial charge in [0.1, 0.15) is 0 Å². The molecule has 0 spiro atoms. The van der Waals surface area contributed by atoms with E-state index in [4.69, 9.17) is 4.84 Å². The SMILES string of the molecule is CC(C)(C)ONC(=O)Nc1cccc(C(F)(F)F)c1. The summed E-state index contributed by atoms with van der Waals surface area (Å²) in [5.41, 5.74) is 0.707. The molecule has 0 aliphatic heterocycles. The molecule has 1 rings (SSSR count). The summed E-state index contributed by atoms with van der Waals surface area (Å²) >= 11 is 0. The van der Waals surface area contributed by atoms with E-state index in [1.54, 1.807) is 20.8 Å². The lowest BCUT2D eigenvalue weighted by Gasteiger charge is -2.19. The van der Waals surface area contributed by atoms with Gasteiger partial charge >= 0.3 is 12.2 Å². The molecule has 106 valence electrons.